The molecular weight excluding hydrogens is 470 g/mol. The van der Waals surface area contributed by atoms with Crippen molar-refractivity contribution in [2.75, 3.05) is 11.6 Å². The Morgan fingerprint density at radius 2 is 1.91 bits per heavy atom. The molecule has 8 nitrogen and oxygen atoms in total. The first-order valence-corrected chi connectivity index (χ1v) is 14.2. The van der Waals surface area contributed by atoms with E-state index in [2.05, 4.69) is 19.2 Å². The van der Waals surface area contributed by atoms with Crippen LogP contribution in [0.1, 0.15) is 66.7 Å². The average molecular weight is 510 g/mol. The van der Waals surface area contributed by atoms with Crippen LogP contribution in [0.2, 0.25) is 0 Å². The van der Waals surface area contributed by atoms with Gasteiger partial charge in [-0.15, -0.1) is 0 Å². The SMILES string of the molecule is C.C[C@H]1[C@@H](CCC(=O)Nc2cccc(S(C)(=O)=O)c2)O[C@@H]2O[C@@]3(C)CC[C@H]4[C@H](C)CC[C@@H]1[C@@]24OO3. The number of hydrogen-bond acceptors (Lipinski definition) is 7. The lowest BCUT2D eigenvalue weighted by Gasteiger charge is -2.60. The third-order valence-electron chi connectivity index (χ3n) is 8.50. The van der Waals surface area contributed by atoms with Crippen LogP contribution in [-0.4, -0.2) is 44.4 Å². The van der Waals surface area contributed by atoms with Crippen molar-refractivity contribution >= 4 is 21.4 Å². The maximum absolute atomic E-state index is 12.7. The Morgan fingerprint density at radius 1 is 1.14 bits per heavy atom. The molecule has 196 valence electrons. The van der Waals surface area contributed by atoms with Gasteiger partial charge in [-0.1, -0.05) is 27.3 Å². The summed E-state index contributed by atoms with van der Waals surface area (Å²) in [5.41, 5.74) is -0.130. The highest BCUT2D eigenvalue weighted by Crippen LogP contribution is 2.60. The number of carbonyl (C=O) groups is 1. The van der Waals surface area contributed by atoms with Crippen LogP contribution < -0.4 is 5.32 Å². The molecule has 4 saturated heterocycles. The minimum atomic E-state index is -3.34. The van der Waals surface area contributed by atoms with Crippen molar-refractivity contribution in [3.05, 3.63) is 24.3 Å². The maximum atomic E-state index is 12.7. The Hall–Kier alpha value is -1.52. The minimum absolute atomic E-state index is 0. The molecule has 1 saturated carbocycles. The molecule has 1 aliphatic carbocycles. The van der Waals surface area contributed by atoms with Gasteiger partial charge < -0.3 is 14.8 Å². The molecule has 9 heteroatoms. The van der Waals surface area contributed by atoms with Crippen LogP contribution in [0, 0.1) is 23.7 Å². The predicted molar refractivity (Wildman–Crippen MR) is 131 cm³/mol. The lowest BCUT2D eigenvalue weighted by molar-refractivity contribution is -0.571. The molecule has 0 radical (unpaired) electrons. The highest BCUT2D eigenvalue weighted by molar-refractivity contribution is 7.90. The second-order valence-electron chi connectivity index (χ2n) is 10.8. The third-order valence-corrected chi connectivity index (χ3v) is 9.61. The van der Waals surface area contributed by atoms with E-state index in [0.717, 1.165) is 31.9 Å². The first-order valence-electron chi connectivity index (χ1n) is 12.3. The minimum Gasteiger partial charge on any atom is -0.346 e. The molecule has 4 aliphatic heterocycles. The Kier molecular flexibility index (Phi) is 7.14. The zero-order valence-electron chi connectivity index (χ0n) is 20.3. The fourth-order valence-corrected chi connectivity index (χ4v) is 7.28. The summed E-state index contributed by atoms with van der Waals surface area (Å²) in [5, 5.41) is 2.82. The van der Waals surface area contributed by atoms with E-state index in [-0.39, 0.29) is 42.6 Å². The van der Waals surface area contributed by atoms with Gasteiger partial charge in [0, 0.05) is 30.7 Å². The summed E-state index contributed by atoms with van der Waals surface area (Å²) in [6.07, 6.45) is 5.21. The standard InChI is InChI=1S/C25H35NO7S.CH4/c1-15-8-9-20-16(2)21(30-23-25(20)19(15)12-13-24(3,31-23)32-33-25)10-11-22(27)26-17-6-5-7-18(14-17)34(4,28)29;/h5-7,14-16,19-21,23H,8-13H2,1-4H3,(H,26,27);1H4/t15-,16-,19+,20+,21-,23-,24-,25-;/m1./s1. The number of carbonyl (C=O) groups excluding carboxylic acids is 1. The molecule has 2 bridgehead atoms. The molecule has 6 rings (SSSR count). The lowest BCUT2D eigenvalue weighted by Crippen LogP contribution is -2.70. The highest BCUT2D eigenvalue weighted by atomic mass is 32.2. The predicted octanol–water partition coefficient (Wildman–Crippen LogP) is 4.70. The summed E-state index contributed by atoms with van der Waals surface area (Å²) in [5.74, 6) is 0.246. The van der Waals surface area contributed by atoms with Crippen LogP contribution in [0.5, 0.6) is 0 Å². The van der Waals surface area contributed by atoms with Crippen molar-refractivity contribution in [2.24, 2.45) is 23.7 Å². The van der Waals surface area contributed by atoms with Crippen LogP contribution in [0.4, 0.5) is 5.69 Å². The molecule has 1 N–H and O–H groups in total. The summed E-state index contributed by atoms with van der Waals surface area (Å²) >= 11 is 0. The Balaban J connectivity index is 0.00000289. The molecular formula is C26H39NO7S. The molecule has 1 amide bonds. The number of amides is 1. The molecule has 35 heavy (non-hydrogen) atoms. The second kappa shape index (κ2) is 9.41. The van der Waals surface area contributed by atoms with E-state index in [1.807, 2.05) is 6.92 Å². The Labute approximate surface area is 208 Å². The van der Waals surface area contributed by atoms with Gasteiger partial charge >= 0.3 is 0 Å². The topological polar surface area (TPSA) is 100 Å². The number of rotatable bonds is 5. The fourth-order valence-electron chi connectivity index (χ4n) is 6.61. The number of fused-ring (bicyclic) bond motifs is 2. The summed E-state index contributed by atoms with van der Waals surface area (Å²) in [4.78, 5) is 24.9. The zero-order chi connectivity index (χ0) is 24.3. The molecule has 5 fully saturated rings. The highest BCUT2D eigenvalue weighted by Gasteiger charge is 2.69. The van der Waals surface area contributed by atoms with E-state index in [9.17, 15) is 13.2 Å². The molecule has 1 spiro atoms. The van der Waals surface area contributed by atoms with E-state index in [0.29, 0.717) is 23.9 Å². The van der Waals surface area contributed by atoms with E-state index < -0.39 is 27.5 Å². The Morgan fingerprint density at radius 3 is 2.66 bits per heavy atom. The van der Waals surface area contributed by atoms with Crippen LogP contribution in [0.25, 0.3) is 0 Å². The third kappa shape index (κ3) is 4.66. The van der Waals surface area contributed by atoms with Crippen LogP contribution in [0.3, 0.4) is 0 Å². The number of benzene rings is 1. The number of nitrogens with one attached hydrogen (secondary N) is 1. The molecule has 5 aliphatic rings. The maximum Gasteiger partial charge on any atom is 0.224 e. The smallest absolute Gasteiger partial charge is 0.224 e. The van der Waals surface area contributed by atoms with Crippen molar-refractivity contribution in [2.45, 2.75) is 95.4 Å². The van der Waals surface area contributed by atoms with E-state index in [4.69, 9.17) is 19.2 Å². The van der Waals surface area contributed by atoms with Gasteiger partial charge in [-0.3, -0.25) is 4.79 Å². The molecule has 1 aromatic carbocycles. The molecule has 0 unspecified atom stereocenters. The monoisotopic (exact) mass is 509 g/mol. The van der Waals surface area contributed by atoms with Gasteiger partial charge in [0.1, 0.15) is 0 Å². The van der Waals surface area contributed by atoms with Crippen LogP contribution in [-0.2, 0) is 33.9 Å². The van der Waals surface area contributed by atoms with Crippen molar-refractivity contribution in [3.8, 4) is 0 Å². The fraction of sp³-hybridized carbons (Fsp3) is 0.731. The van der Waals surface area contributed by atoms with E-state index >= 15 is 0 Å². The number of anilines is 1. The molecule has 0 aromatic heterocycles. The molecule has 8 atom stereocenters. The largest absolute Gasteiger partial charge is 0.346 e. The first kappa shape index (κ1) is 26.5. The quantitative estimate of drug-likeness (QED) is 0.575. The van der Waals surface area contributed by atoms with Crippen molar-refractivity contribution in [3.63, 3.8) is 0 Å². The van der Waals surface area contributed by atoms with Gasteiger partial charge in [0.25, 0.3) is 0 Å². The number of hydrogen-bond donors (Lipinski definition) is 1. The van der Waals surface area contributed by atoms with Gasteiger partial charge in [0.15, 0.2) is 21.7 Å². The number of sulfone groups is 1. The zero-order valence-corrected chi connectivity index (χ0v) is 21.1. The van der Waals surface area contributed by atoms with Gasteiger partial charge in [-0.2, -0.15) is 0 Å². The second-order valence-corrected chi connectivity index (χ2v) is 12.8. The molecule has 4 heterocycles. The van der Waals surface area contributed by atoms with Gasteiger partial charge in [-0.25, -0.2) is 18.2 Å². The van der Waals surface area contributed by atoms with Crippen LogP contribution in [0.15, 0.2) is 29.2 Å². The van der Waals surface area contributed by atoms with Crippen molar-refractivity contribution < 1.29 is 32.5 Å². The summed E-state index contributed by atoms with van der Waals surface area (Å²) in [7, 11) is -3.34. The summed E-state index contributed by atoms with van der Waals surface area (Å²) in [6.45, 7) is 6.38. The lowest BCUT2D eigenvalue weighted by atomic mass is 9.57. The van der Waals surface area contributed by atoms with Gasteiger partial charge in [0.05, 0.1) is 11.0 Å². The normalized spacial score (nSPS) is 40.2. The van der Waals surface area contributed by atoms with Gasteiger partial charge in [-0.05, 0) is 68.6 Å². The van der Waals surface area contributed by atoms with E-state index in [1.165, 1.54) is 12.1 Å². The Bertz CT molecular complexity index is 1060. The summed E-state index contributed by atoms with van der Waals surface area (Å²) < 4.78 is 36.5. The van der Waals surface area contributed by atoms with Crippen molar-refractivity contribution in [1.29, 1.82) is 0 Å². The van der Waals surface area contributed by atoms with Gasteiger partial charge in [0.2, 0.25) is 11.7 Å². The first-order chi connectivity index (χ1) is 16.0. The average Bonchev–Trinajstić information content (AvgIpc) is 3.01. The molecule has 1 aromatic rings. The number of ether oxygens (including phenoxy) is 2. The summed E-state index contributed by atoms with van der Waals surface area (Å²) in [6, 6.07) is 6.31. The van der Waals surface area contributed by atoms with Crippen LogP contribution >= 0.6 is 0 Å². The van der Waals surface area contributed by atoms with E-state index in [1.54, 1.807) is 12.1 Å². The van der Waals surface area contributed by atoms with Crippen molar-refractivity contribution in [1.82, 2.24) is 0 Å².